The van der Waals surface area contributed by atoms with Gasteiger partial charge in [0.1, 0.15) is 0 Å². The highest BCUT2D eigenvalue weighted by Crippen LogP contribution is 2.25. The predicted octanol–water partition coefficient (Wildman–Crippen LogP) is 1.90. The molecule has 0 spiro atoms. The molecular formula is C22H37N5O2. The van der Waals surface area contributed by atoms with Crippen LogP contribution in [0.4, 0.5) is 0 Å². The van der Waals surface area contributed by atoms with Crippen LogP contribution in [0.5, 0.6) is 0 Å². The molecule has 3 heterocycles. The van der Waals surface area contributed by atoms with Crippen LogP contribution in [-0.2, 0) is 24.2 Å². The second kappa shape index (κ2) is 9.58. The van der Waals surface area contributed by atoms with E-state index in [0.717, 1.165) is 83.9 Å². The molecule has 1 N–H and O–H groups in total. The first kappa shape index (κ1) is 20.8. The van der Waals surface area contributed by atoms with Crippen LogP contribution in [0, 0.1) is 5.92 Å². The van der Waals surface area contributed by atoms with E-state index in [4.69, 9.17) is 9.84 Å². The van der Waals surface area contributed by atoms with Crippen LogP contribution in [0.25, 0.3) is 0 Å². The van der Waals surface area contributed by atoms with E-state index in [9.17, 15) is 4.79 Å². The Balaban J connectivity index is 1.45. The lowest BCUT2D eigenvalue weighted by molar-refractivity contribution is 0.0326. The maximum absolute atomic E-state index is 13.1. The first-order valence-electron chi connectivity index (χ1n) is 11.5. The lowest BCUT2D eigenvalue weighted by Gasteiger charge is -2.32. The molecular weight excluding hydrogens is 366 g/mol. The van der Waals surface area contributed by atoms with Crippen molar-refractivity contribution in [1.29, 1.82) is 0 Å². The van der Waals surface area contributed by atoms with Crippen molar-refractivity contribution in [3.63, 3.8) is 0 Å². The molecule has 1 aromatic rings. The Morgan fingerprint density at radius 2 is 1.86 bits per heavy atom. The molecule has 1 aliphatic carbocycles. The Labute approximate surface area is 174 Å². The summed E-state index contributed by atoms with van der Waals surface area (Å²) in [6, 6.07) is 0.328. The van der Waals surface area contributed by atoms with Crippen molar-refractivity contribution in [3.8, 4) is 0 Å². The number of hydrogen-bond acceptors (Lipinski definition) is 5. The van der Waals surface area contributed by atoms with E-state index >= 15 is 0 Å². The molecule has 2 aliphatic heterocycles. The molecule has 4 rings (SSSR count). The van der Waals surface area contributed by atoms with Gasteiger partial charge in [-0.1, -0.05) is 26.7 Å². The largest absolute Gasteiger partial charge is 0.379 e. The summed E-state index contributed by atoms with van der Waals surface area (Å²) in [6.45, 7) is 13.0. The van der Waals surface area contributed by atoms with E-state index < -0.39 is 0 Å². The van der Waals surface area contributed by atoms with Crippen molar-refractivity contribution in [2.24, 2.45) is 5.92 Å². The number of morpholine rings is 1. The molecule has 1 amide bonds. The van der Waals surface area contributed by atoms with Crippen molar-refractivity contribution in [3.05, 3.63) is 17.0 Å². The van der Waals surface area contributed by atoms with E-state index in [2.05, 4.69) is 33.6 Å². The molecule has 2 fully saturated rings. The summed E-state index contributed by atoms with van der Waals surface area (Å²) in [4.78, 5) is 18.0. The SMILES string of the molecule is CC(C)Cn1nc(C(=O)NC2CCCC2)c2c1CCN(CCN1CCOCC1)C2. The average molecular weight is 404 g/mol. The molecule has 0 bridgehead atoms. The van der Waals surface area contributed by atoms with Crippen LogP contribution in [0.1, 0.15) is 61.3 Å². The van der Waals surface area contributed by atoms with Crippen LogP contribution in [0.3, 0.4) is 0 Å². The fourth-order valence-corrected chi connectivity index (χ4v) is 4.85. The minimum Gasteiger partial charge on any atom is -0.379 e. The molecule has 1 saturated heterocycles. The second-order valence-electron chi connectivity index (χ2n) is 9.28. The van der Waals surface area contributed by atoms with Crippen LogP contribution >= 0.6 is 0 Å². The molecule has 29 heavy (non-hydrogen) atoms. The number of carbonyl (C=O) groups is 1. The normalized spacial score (nSPS) is 21.6. The number of ether oxygens (including phenoxy) is 1. The molecule has 7 nitrogen and oxygen atoms in total. The monoisotopic (exact) mass is 403 g/mol. The number of carbonyl (C=O) groups excluding carboxylic acids is 1. The summed E-state index contributed by atoms with van der Waals surface area (Å²) >= 11 is 0. The minimum absolute atomic E-state index is 0.0330. The van der Waals surface area contributed by atoms with Gasteiger partial charge in [-0.3, -0.25) is 19.3 Å². The van der Waals surface area contributed by atoms with E-state index in [1.807, 2.05) is 0 Å². The molecule has 1 aromatic heterocycles. The van der Waals surface area contributed by atoms with Crippen molar-refractivity contribution in [2.75, 3.05) is 45.9 Å². The summed E-state index contributed by atoms with van der Waals surface area (Å²) in [7, 11) is 0. The van der Waals surface area contributed by atoms with Gasteiger partial charge in [-0.15, -0.1) is 0 Å². The first-order chi connectivity index (χ1) is 14.1. The number of aromatic nitrogens is 2. The van der Waals surface area contributed by atoms with Gasteiger partial charge in [0.05, 0.1) is 13.2 Å². The topological polar surface area (TPSA) is 62.6 Å². The lowest BCUT2D eigenvalue weighted by Crippen LogP contribution is -2.43. The highest BCUT2D eigenvalue weighted by molar-refractivity contribution is 5.94. The quantitative estimate of drug-likeness (QED) is 0.753. The fraction of sp³-hybridized carbons (Fsp3) is 0.818. The van der Waals surface area contributed by atoms with Crippen molar-refractivity contribution in [1.82, 2.24) is 24.9 Å². The van der Waals surface area contributed by atoms with Crippen LogP contribution < -0.4 is 5.32 Å². The van der Waals surface area contributed by atoms with Gasteiger partial charge >= 0.3 is 0 Å². The van der Waals surface area contributed by atoms with Gasteiger partial charge in [-0.25, -0.2) is 0 Å². The zero-order valence-electron chi connectivity index (χ0n) is 18.2. The molecule has 3 aliphatic rings. The standard InChI is InChI=1S/C22H37N5O2/c1-17(2)15-27-20-7-8-26(10-9-25-11-13-29-14-12-25)16-19(20)21(24-27)22(28)23-18-5-3-4-6-18/h17-18H,3-16H2,1-2H3,(H,23,28). The van der Waals surface area contributed by atoms with E-state index in [0.29, 0.717) is 17.7 Å². The lowest BCUT2D eigenvalue weighted by atomic mass is 10.0. The fourth-order valence-electron chi connectivity index (χ4n) is 4.85. The molecule has 0 radical (unpaired) electrons. The third-order valence-corrected chi connectivity index (χ3v) is 6.49. The summed E-state index contributed by atoms with van der Waals surface area (Å²) in [5.74, 6) is 0.551. The minimum atomic E-state index is 0.0330. The van der Waals surface area contributed by atoms with Crippen LogP contribution in [0.2, 0.25) is 0 Å². The van der Waals surface area contributed by atoms with Gasteiger partial charge in [0.15, 0.2) is 5.69 Å². The van der Waals surface area contributed by atoms with Crippen molar-refractivity contribution in [2.45, 2.75) is 65.1 Å². The Morgan fingerprint density at radius 3 is 2.59 bits per heavy atom. The molecule has 7 heteroatoms. The van der Waals surface area contributed by atoms with Gasteiger partial charge in [-0.2, -0.15) is 5.10 Å². The zero-order valence-corrected chi connectivity index (χ0v) is 18.2. The highest BCUT2D eigenvalue weighted by atomic mass is 16.5. The van der Waals surface area contributed by atoms with Gasteiger partial charge in [0.25, 0.3) is 5.91 Å². The Hall–Kier alpha value is -1.44. The number of nitrogens with zero attached hydrogens (tertiary/aromatic N) is 4. The maximum Gasteiger partial charge on any atom is 0.272 e. The van der Waals surface area contributed by atoms with Crippen molar-refractivity contribution < 1.29 is 9.53 Å². The summed E-state index contributed by atoms with van der Waals surface area (Å²) in [5.41, 5.74) is 3.11. The second-order valence-corrected chi connectivity index (χ2v) is 9.28. The van der Waals surface area contributed by atoms with Crippen molar-refractivity contribution >= 4 is 5.91 Å². The maximum atomic E-state index is 13.1. The molecule has 162 valence electrons. The summed E-state index contributed by atoms with van der Waals surface area (Å²) in [6.07, 6.45) is 5.63. The van der Waals surface area contributed by atoms with E-state index in [1.54, 1.807) is 0 Å². The summed E-state index contributed by atoms with van der Waals surface area (Å²) < 4.78 is 7.57. The first-order valence-corrected chi connectivity index (χ1v) is 11.5. The van der Waals surface area contributed by atoms with Gasteiger partial charge < -0.3 is 10.1 Å². The highest BCUT2D eigenvalue weighted by Gasteiger charge is 2.30. The number of amides is 1. The Kier molecular flexibility index (Phi) is 6.88. The van der Waals surface area contributed by atoms with Crippen LogP contribution in [-0.4, -0.2) is 77.5 Å². The summed E-state index contributed by atoms with van der Waals surface area (Å²) in [5, 5.41) is 8.06. The average Bonchev–Trinajstić information content (AvgIpc) is 3.35. The van der Waals surface area contributed by atoms with E-state index in [1.165, 1.54) is 18.5 Å². The predicted molar refractivity (Wildman–Crippen MR) is 113 cm³/mol. The number of nitrogens with one attached hydrogen (secondary N) is 1. The molecule has 0 unspecified atom stereocenters. The number of rotatable bonds is 7. The Morgan fingerprint density at radius 1 is 1.14 bits per heavy atom. The number of hydrogen-bond donors (Lipinski definition) is 1. The third kappa shape index (κ3) is 5.19. The van der Waals surface area contributed by atoms with Gasteiger partial charge in [0.2, 0.25) is 0 Å². The molecule has 1 saturated carbocycles. The van der Waals surface area contributed by atoms with E-state index in [-0.39, 0.29) is 5.91 Å². The van der Waals surface area contributed by atoms with Crippen LogP contribution in [0.15, 0.2) is 0 Å². The zero-order chi connectivity index (χ0) is 20.2. The molecule has 0 atom stereocenters. The smallest absolute Gasteiger partial charge is 0.272 e. The Bertz CT molecular complexity index is 690. The third-order valence-electron chi connectivity index (χ3n) is 6.49. The van der Waals surface area contributed by atoms with Gasteiger partial charge in [0, 0.05) is 69.5 Å². The molecule has 0 aromatic carbocycles. The van der Waals surface area contributed by atoms with Gasteiger partial charge in [-0.05, 0) is 18.8 Å². The number of fused-ring (bicyclic) bond motifs is 1.